The second-order valence-electron chi connectivity index (χ2n) is 6.14. The van der Waals surface area contributed by atoms with Gasteiger partial charge in [0.2, 0.25) is 5.91 Å². The minimum absolute atomic E-state index is 0. The highest BCUT2D eigenvalue weighted by Crippen LogP contribution is 2.29. The summed E-state index contributed by atoms with van der Waals surface area (Å²) in [5, 5.41) is 8.25. The number of aryl methyl sites for hydroxylation is 1. The molecule has 1 aromatic carbocycles. The van der Waals surface area contributed by atoms with Crippen LogP contribution in [0.3, 0.4) is 0 Å². The number of carbonyl (C=O) groups is 1. The Morgan fingerprint density at radius 1 is 1.46 bits per heavy atom. The summed E-state index contributed by atoms with van der Waals surface area (Å²) in [7, 11) is 3.75. The van der Waals surface area contributed by atoms with Gasteiger partial charge in [0.05, 0.1) is 12.1 Å². The molecule has 1 fully saturated rings. The highest BCUT2D eigenvalue weighted by atomic mass is 35.5. The topological polar surface area (TPSA) is 50.2 Å². The Morgan fingerprint density at radius 2 is 2.25 bits per heavy atom. The van der Waals surface area contributed by atoms with Crippen molar-refractivity contribution in [3.05, 3.63) is 52.8 Å². The number of amides is 1. The number of hydrogen-bond acceptors (Lipinski definition) is 3. The minimum Gasteiger partial charge on any atom is -0.341 e. The maximum absolute atomic E-state index is 12.9. The second-order valence-corrected chi connectivity index (χ2v) is 6.58. The van der Waals surface area contributed by atoms with E-state index >= 15 is 0 Å². The molecule has 5 nitrogen and oxygen atoms in total. The van der Waals surface area contributed by atoms with Gasteiger partial charge in [0.15, 0.2) is 0 Å². The molecule has 130 valence electrons. The minimum atomic E-state index is -0.0524. The lowest BCUT2D eigenvalue weighted by Crippen LogP contribution is -2.35. The van der Waals surface area contributed by atoms with Crippen LogP contribution >= 0.6 is 24.0 Å². The molecule has 3 rings (SSSR count). The normalized spacial score (nSPS) is 19.8. The number of nitrogens with one attached hydrogen (secondary N) is 1. The van der Waals surface area contributed by atoms with Crippen LogP contribution in [0.15, 0.2) is 36.7 Å². The molecule has 1 amide bonds. The summed E-state index contributed by atoms with van der Waals surface area (Å²) >= 11 is 6.02. The average molecular weight is 369 g/mol. The van der Waals surface area contributed by atoms with Crippen molar-refractivity contribution in [1.82, 2.24) is 20.0 Å². The van der Waals surface area contributed by atoms with Gasteiger partial charge in [-0.2, -0.15) is 5.10 Å². The predicted octanol–water partition coefficient (Wildman–Crippen LogP) is 2.46. The number of halogens is 2. The van der Waals surface area contributed by atoms with Gasteiger partial charge in [-0.25, -0.2) is 0 Å². The summed E-state index contributed by atoms with van der Waals surface area (Å²) in [5.41, 5.74) is 2.16. The molecule has 0 bridgehead atoms. The van der Waals surface area contributed by atoms with Gasteiger partial charge in [0, 0.05) is 50.9 Å². The van der Waals surface area contributed by atoms with Gasteiger partial charge < -0.3 is 10.2 Å². The first kappa shape index (κ1) is 18.8. The number of benzene rings is 1. The quantitative estimate of drug-likeness (QED) is 0.901. The summed E-state index contributed by atoms with van der Waals surface area (Å²) in [6.45, 7) is 2.08. The van der Waals surface area contributed by atoms with E-state index < -0.39 is 0 Å². The highest BCUT2D eigenvalue weighted by molar-refractivity contribution is 6.30. The third-order valence-electron chi connectivity index (χ3n) is 4.37. The summed E-state index contributed by atoms with van der Waals surface area (Å²) in [6.07, 6.45) is 3.85. The Bertz CT molecular complexity index is 703. The number of rotatable bonds is 4. The van der Waals surface area contributed by atoms with E-state index in [0.29, 0.717) is 18.1 Å². The van der Waals surface area contributed by atoms with Crippen LogP contribution in [0.4, 0.5) is 0 Å². The van der Waals surface area contributed by atoms with E-state index in [9.17, 15) is 4.79 Å². The molecule has 1 aliphatic heterocycles. The van der Waals surface area contributed by atoms with Crippen molar-refractivity contribution in [3.8, 4) is 0 Å². The molecule has 7 heteroatoms. The molecule has 24 heavy (non-hydrogen) atoms. The van der Waals surface area contributed by atoms with Crippen molar-refractivity contribution in [2.24, 2.45) is 13.0 Å². The van der Waals surface area contributed by atoms with Crippen LogP contribution in [0, 0.1) is 5.92 Å². The lowest BCUT2D eigenvalue weighted by atomic mass is 9.90. The first-order valence-electron chi connectivity index (χ1n) is 7.73. The van der Waals surface area contributed by atoms with Gasteiger partial charge in [-0.1, -0.05) is 23.7 Å². The first-order chi connectivity index (χ1) is 11.0. The molecule has 1 aromatic heterocycles. The number of aromatic nitrogens is 2. The van der Waals surface area contributed by atoms with E-state index in [1.54, 1.807) is 9.58 Å². The van der Waals surface area contributed by atoms with E-state index in [4.69, 9.17) is 11.6 Å². The molecule has 1 saturated heterocycles. The van der Waals surface area contributed by atoms with Gasteiger partial charge in [-0.05, 0) is 23.3 Å². The monoisotopic (exact) mass is 368 g/mol. The van der Waals surface area contributed by atoms with E-state index in [1.807, 2.05) is 50.8 Å². The third kappa shape index (κ3) is 4.09. The molecular weight excluding hydrogens is 347 g/mol. The van der Waals surface area contributed by atoms with Crippen LogP contribution in [0.25, 0.3) is 0 Å². The fraction of sp³-hybridized carbons (Fsp3) is 0.412. The van der Waals surface area contributed by atoms with Crippen LogP contribution in [-0.2, 0) is 18.4 Å². The van der Waals surface area contributed by atoms with Gasteiger partial charge in [-0.15, -0.1) is 12.4 Å². The molecule has 1 N–H and O–H groups in total. The Labute approximate surface area is 153 Å². The van der Waals surface area contributed by atoms with Crippen LogP contribution < -0.4 is 5.32 Å². The fourth-order valence-corrected chi connectivity index (χ4v) is 3.40. The third-order valence-corrected chi connectivity index (χ3v) is 4.60. The van der Waals surface area contributed by atoms with Crippen molar-refractivity contribution < 1.29 is 4.79 Å². The zero-order valence-corrected chi connectivity index (χ0v) is 15.3. The van der Waals surface area contributed by atoms with Crippen LogP contribution in [0.2, 0.25) is 5.02 Å². The van der Waals surface area contributed by atoms with E-state index in [2.05, 4.69) is 10.4 Å². The van der Waals surface area contributed by atoms with E-state index in [-0.39, 0.29) is 30.2 Å². The zero-order chi connectivity index (χ0) is 16.4. The Hall–Kier alpha value is -1.56. The molecule has 0 spiro atoms. The maximum Gasteiger partial charge on any atom is 0.227 e. The van der Waals surface area contributed by atoms with Crippen LogP contribution in [0.5, 0.6) is 0 Å². The van der Waals surface area contributed by atoms with Crippen molar-refractivity contribution in [2.75, 3.05) is 20.1 Å². The number of hydrogen-bond donors (Lipinski definition) is 1. The summed E-state index contributed by atoms with van der Waals surface area (Å²) in [4.78, 5) is 14.6. The van der Waals surface area contributed by atoms with E-state index in [0.717, 1.165) is 17.7 Å². The van der Waals surface area contributed by atoms with E-state index in [1.165, 1.54) is 0 Å². The molecule has 0 saturated carbocycles. The first-order valence-corrected chi connectivity index (χ1v) is 8.11. The summed E-state index contributed by atoms with van der Waals surface area (Å²) < 4.78 is 1.78. The SMILES string of the molecule is CN(Cc1cccc(Cl)c1)C(=O)[C@H]1CNC[C@@H]1c1cnn(C)c1.Cl. The zero-order valence-electron chi connectivity index (χ0n) is 13.8. The molecule has 1 aliphatic rings. The lowest BCUT2D eigenvalue weighted by molar-refractivity contribution is -0.134. The highest BCUT2D eigenvalue weighted by Gasteiger charge is 2.36. The molecule has 0 unspecified atom stereocenters. The molecular formula is C17H22Cl2N4O. The summed E-state index contributed by atoms with van der Waals surface area (Å²) in [6, 6.07) is 7.63. The van der Waals surface area contributed by atoms with Crippen molar-refractivity contribution in [3.63, 3.8) is 0 Å². The van der Waals surface area contributed by atoms with Gasteiger partial charge in [-0.3, -0.25) is 9.48 Å². The van der Waals surface area contributed by atoms with Crippen LogP contribution in [-0.4, -0.2) is 40.7 Å². The van der Waals surface area contributed by atoms with Gasteiger partial charge in [0.1, 0.15) is 0 Å². The molecule has 2 atom stereocenters. The van der Waals surface area contributed by atoms with Gasteiger partial charge in [0.25, 0.3) is 0 Å². The number of carbonyl (C=O) groups excluding carboxylic acids is 1. The largest absolute Gasteiger partial charge is 0.341 e. The molecule has 0 aliphatic carbocycles. The molecule has 2 aromatic rings. The standard InChI is InChI=1S/C17H21ClN4O.ClH/c1-21(10-12-4-3-5-14(18)6-12)17(23)16-9-19-8-15(16)13-7-20-22(2)11-13;/h3-7,11,15-16,19H,8-10H2,1-2H3;1H/t15-,16+;/m1./s1. The Balaban J connectivity index is 0.00000208. The Morgan fingerprint density at radius 3 is 2.92 bits per heavy atom. The van der Waals surface area contributed by atoms with Crippen molar-refractivity contribution in [1.29, 1.82) is 0 Å². The summed E-state index contributed by atoms with van der Waals surface area (Å²) in [5.74, 6) is 0.283. The van der Waals surface area contributed by atoms with Crippen molar-refractivity contribution in [2.45, 2.75) is 12.5 Å². The average Bonchev–Trinajstić information content (AvgIpc) is 3.14. The molecule has 2 heterocycles. The predicted molar refractivity (Wildman–Crippen MR) is 97.5 cm³/mol. The van der Waals surface area contributed by atoms with Crippen LogP contribution in [0.1, 0.15) is 17.0 Å². The lowest BCUT2D eigenvalue weighted by Gasteiger charge is -2.24. The number of nitrogens with zero attached hydrogens (tertiary/aromatic N) is 3. The molecule has 0 radical (unpaired) electrons. The smallest absolute Gasteiger partial charge is 0.227 e. The maximum atomic E-state index is 12.9. The van der Waals surface area contributed by atoms with Crippen molar-refractivity contribution >= 4 is 29.9 Å². The second kappa shape index (κ2) is 8.01. The van der Waals surface area contributed by atoms with Gasteiger partial charge >= 0.3 is 0 Å². The fourth-order valence-electron chi connectivity index (χ4n) is 3.19. The Kier molecular flexibility index (Phi) is 6.27.